The molecule has 96 valence electrons. The Morgan fingerprint density at radius 3 is 2.82 bits per heavy atom. The van der Waals surface area contributed by atoms with Crippen LogP contribution in [0.25, 0.3) is 0 Å². The molecule has 1 atom stereocenters. The number of methoxy groups -OCH3 is 1. The van der Waals surface area contributed by atoms with Crippen LogP contribution in [-0.2, 0) is 11.3 Å². The van der Waals surface area contributed by atoms with Gasteiger partial charge in [0.2, 0.25) is 0 Å². The van der Waals surface area contributed by atoms with Crippen molar-refractivity contribution >= 4 is 0 Å². The summed E-state index contributed by atoms with van der Waals surface area (Å²) in [5, 5.41) is 13.1. The number of phenolic OH excluding ortho intramolecular Hbond substituents is 1. The molecular weight excluding hydrogens is 218 g/mol. The van der Waals surface area contributed by atoms with Crippen molar-refractivity contribution in [3.8, 4) is 11.5 Å². The lowest BCUT2D eigenvalue weighted by Gasteiger charge is -2.13. The first-order chi connectivity index (χ1) is 8.19. The molecule has 0 fully saturated rings. The van der Waals surface area contributed by atoms with Crippen molar-refractivity contribution in [1.82, 2.24) is 5.32 Å². The van der Waals surface area contributed by atoms with E-state index < -0.39 is 0 Å². The molecule has 0 radical (unpaired) electrons. The maximum atomic E-state index is 9.86. The van der Waals surface area contributed by atoms with Crippen molar-refractivity contribution < 1.29 is 14.6 Å². The summed E-state index contributed by atoms with van der Waals surface area (Å²) in [6, 6.07) is 5.47. The molecule has 0 spiro atoms. The Bertz CT molecular complexity index is 341. The summed E-state index contributed by atoms with van der Waals surface area (Å²) >= 11 is 0. The molecule has 0 bridgehead atoms. The molecule has 1 rings (SSSR count). The molecule has 0 saturated heterocycles. The molecule has 0 saturated carbocycles. The molecule has 4 nitrogen and oxygen atoms in total. The molecule has 1 aromatic carbocycles. The predicted molar refractivity (Wildman–Crippen MR) is 67.5 cm³/mol. The molecule has 0 aliphatic heterocycles. The van der Waals surface area contributed by atoms with Crippen molar-refractivity contribution in [2.75, 3.05) is 20.3 Å². The smallest absolute Gasteiger partial charge is 0.162 e. The fourth-order valence-electron chi connectivity index (χ4n) is 1.63. The molecule has 0 aliphatic rings. The van der Waals surface area contributed by atoms with Crippen LogP contribution in [0.1, 0.15) is 19.4 Å². The highest BCUT2D eigenvalue weighted by atomic mass is 16.5. The molecule has 2 N–H and O–H groups in total. The molecule has 17 heavy (non-hydrogen) atoms. The number of hydrogen-bond acceptors (Lipinski definition) is 4. The Kier molecular flexibility index (Phi) is 5.80. The summed E-state index contributed by atoms with van der Waals surface area (Å²) in [6.07, 6.45) is 0.174. The third-order valence-corrected chi connectivity index (χ3v) is 2.50. The van der Waals surface area contributed by atoms with Crippen molar-refractivity contribution in [3.05, 3.63) is 23.8 Å². The van der Waals surface area contributed by atoms with E-state index in [9.17, 15) is 5.11 Å². The van der Waals surface area contributed by atoms with Gasteiger partial charge in [-0.3, -0.25) is 0 Å². The van der Waals surface area contributed by atoms with Gasteiger partial charge in [0.1, 0.15) is 0 Å². The van der Waals surface area contributed by atoms with E-state index in [1.807, 2.05) is 26.0 Å². The molecule has 0 heterocycles. The summed E-state index contributed by atoms with van der Waals surface area (Å²) in [7, 11) is 1.55. The summed E-state index contributed by atoms with van der Waals surface area (Å²) in [4.78, 5) is 0. The van der Waals surface area contributed by atoms with Crippen LogP contribution in [0.5, 0.6) is 11.5 Å². The number of benzene rings is 1. The molecule has 0 aliphatic carbocycles. The van der Waals surface area contributed by atoms with Crippen LogP contribution in [0.4, 0.5) is 0 Å². The molecule has 1 unspecified atom stereocenters. The number of para-hydroxylation sites is 1. The normalized spacial score (nSPS) is 12.4. The Labute approximate surface area is 103 Å². The Balaban J connectivity index is 2.46. The minimum absolute atomic E-state index is 0.174. The zero-order valence-corrected chi connectivity index (χ0v) is 10.7. The van der Waals surface area contributed by atoms with E-state index in [4.69, 9.17) is 9.47 Å². The van der Waals surface area contributed by atoms with E-state index in [-0.39, 0.29) is 11.9 Å². The number of ether oxygens (including phenoxy) is 2. The van der Waals surface area contributed by atoms with Crippen LogP contribution < -0.4 is 10.1 Å². The highest BCUT2D eigenvalue weighted by Crippen LogP contribution is 2.28. The number of aromatic hydroxyl groups is 1. The van der Waals surface area contributed by atoms with Gasteiger partial charge in [-0.05, 0) is 19.9 Å². The van der Waals surface area contributed by atoms with E-state index in [1.54, 1.807) is 13.2 Å². The number of rotatable bonds is 7. The van der Waals surface area contributed by atoms with Crippen LogP contribution in [0.15, 0.2) is 18.2 Å². The number of nitrogens with one attached hydrogen (secondary N) is 1. The van der Waals surface area contributed by atoms with Crippen molar-refractivity contribution in [1.29, 1.82) is 0 Å². The van der Waals surface area contributed by atoms with Gasteiger partial charge in [0.25, 0.3) is 0 Å². The lowest BCUT2D eigenvalue weighted by molar-refractivity contribution is 0.0759. The molecule has 0 amide bonds. The van der Waals surface area contributed by atoms with Gasteiger partial charge in [-0.1, -0.05) is 12.1 Å². The van der Waals surface area contributed by atoms with Crippen LogP contribution >= 0.6 is 0 Å². The van der Waals surface area contributed by atoms with Crippen LogP contribution in [0.3, 0.4) is 0 Å². The van der Waals surface area contributed by atoms with E-state index in [0.717, 1.165) is 12.1 Å². The minimum atomic E-state index is 0.174. The van der Waals surface area contributed by atoms with E-state index in [1.165, 1.54) is 0 Å². The van der Waals surface area contributed by atoms with Gasteiger partial charge in [0.15, 0.2) is 11.5 Å². The maximum Gasteiger partial charge on any atom is 0.162 e. The standard InChI is InChI=1S/C13H21NO3/c1-4-17-10(2)8-14-9-11-6-5-7-12(16-3)13(11)15/h5-7,10,14-15H,4,8-9H2,1-3H3. The third kappa shape index (κ3) is 4.24. The molecule has 4 heteroatoms. The Morgan fingerprint density at radius 2 is 2.18 bits per heavy atom. The first-order valence-electron chi connectivity index (χ1n) is 5.86. The SMILES string of the molecule is CCOC(C)CNCc1cccc(OC)c1O. The monoisotopic (exact) mass is 239 g/mol. The second kappa shape index (κ2) is 7.14. The summed E-state index contributed by atoms with van der Waals surface area (Å²) in [6.45, 7) is 6.06. The van der Waals surface area contributed by atoms with E-state index in [0.29, 0.717) is 18.9 Å². The van der Waals surface area contributed by atoms with Gasteiger partial charge >= 0.3 is 0 Å². The summed E-state index contributed by atoms with van der Waals surface area (Å²) in [5.41, 5.74) is 0.827. The fraction of sp³-hybridized carbons (Fsp3) is 0.538. The minimum Gasteiger partial charge on any atom is -0.504 e. The average Bonchev–Trinajstić information content (AvgIpc) is 2.32. The summed E-state index contributed by atoms with van der Waals surface area (Å²) in [5.74, 6) is 0.703. The summed E-state index contributed by atoms with van der Waals surface area (Å²) < 4.78 is 10.5. The van der Waals surface area contributed by atoms with Gasteiger partial charge in [-0.2, -0.15) is 0 Å². The third-order valence-electron chi connectivity index (χ3n) is 2.50. The predicted octanol–water partition coefficient (Wildman–Crippen LogP) is 1.92. The zero-order chi connectivity index (χ0) is 12.7. The topological polar surface area (TPSA) is 50.7 Å². The van der Waals surface area contributed by atoms with Crippen LogP contribution in [-0.4, -0.2) is 31.5 Å². The lowest BCUT2D eigenvalue weighted by Crippen LogP contribution is -2.26. The average molecular weight is 239 g/mol. The van der Waals surface area contributed by atoms with Crippen LogP contribution in [0.2, 0.25) is 0 Å². The number of hydrogen-bond donors (Lipinski definition) is 2. The van der Waals surface area contributed by atoms with Gasteiger partial charge in [0.05, 0.1) is 13.2 Å². The largest absolute Gasteiger partial charge is 0.504 e. The quantitative estimate of drug-likeness (QED) is 0.763. The first-order valence-corrected chi connectivity index (χ1v) is 5.86. The molecular formula is C13H21NO3. The first kappa shape index (κ1) is 13.8. The molecule has 0 aromatic heterocycles. The molecule has 1 aromatic rings. The van der Waals surface area contributed by atoms with Crippen LogP contribution in [0, 0.1) is 0 Å². The lowest BCUT2D eigenvalue weighted by atomic mass is 10.2. The maximum absolute atomic E-state index is 9.86. The second-order valence-corrected chi connectivity index (χ2v) is 3.86. The van der Waals surface area contributed by atoms with Crippen molar-refractivity contribution in [2.45, 2.75) is 26.5 Å². The van der Waals surface area contributed by atoms with Crippen molar-refractivity contribution in [3.63, 3.8) is 0 Å². The van der Waals surface area contributed by atoms with E-state index >= 15 is 0 Å². The Hall–Kier alpha value is -1.26. The van der Waals surface area contributed by atoms with Gasteiger partial charge in [-0.25, -0.2) is 0 Å². The highest BCUT2D eigenvalue weighted by Gasteiger charge is 2.07. The zero-order valence-electron chi connectivity index (χ0n) is 10.7. The van der Waals surface area contributed by atoms with Gasteiger partial charge in [-0.15, -0.1) is 0 Å². The fourth-order valence-corrected chi connectivity index (χ4v) is 1.63. The highest BCUT2D eigenvalue weighted by molar-refractivity contribution is 5.45. The second-order valence-electron chi connectivity index (χ2n) is 3.86. The van der Waals surface area contributed by atoms with Gasteiger partial charge < -0.3 is 19.9 Å². The van der Waals surface area contributed by atoms with Crippen molar-refractivity contribution in [2.24, 2.45) is 0 Å². The van der Waals surface area contributed by atoms with E-state index in [2.05, 4.69) is 5.32 Å². The Morgan fingerprint density at radius 1 is 1.41 bits per heavy atom. The van der Waals surface area contributed by atoms with Gasteiger partial charge in [0, 0.05) is 25.3 Å². The number of phenols is 1.